The Kier molecular flexibility index (Phi) is 7.10. The summed E-state index contributed by atoms with van der Waals surface area (Å²) in [6.07, 6.45) is 2.02. The van der Waals surface area contributed by atoms with Gasteiger partial charge in [-0.3, -0.25) is 4.79 Å². The van der Waals surface area contributed by atoms with Crippen LogP contribution in [0.4, 0.5) is 4.39 Å². The van der Waals surface area contributed by atoms with Crippen LogP contribution in [0.25, 0.3) is 11.1 Å². The predicted molar refractivity (Wildman–Crippen MR) is 136 cm³/mol. The molecule has 1 atom stereocenters. The van der Waals surface area contributed by atoms with E-state index in [4.69, 9.17) is 5.11 Å². The molecule has 1 heterocycles. The van der Waals surface area contributed by atoms with Crippen molar-refractivity contribution in [2.24, 2.45) is 12.2 Å². The first kappa shape index (κ1) is 24.6. The lowest BCUT2D eigenvalue weighted by atomic mass is 9.83. The Morgan fingerprint density at radius 1 is 1.00 bits per heavy atom. The quantitative estimate of drug-likeness (QED) is 0.203. The zero-order valence-corrected chi connectivity index (χ0v) is 19.9. The van der Waals surface area contributed by atoms with Gasteiger partial charge in [0.25, 0.3) is 0 Å². The highest BCUT2D eigenvalue weighted by molar-refractivity contribution is 6.00. The van der Waals surface area contributed by atoms with Gasteiger partial charge in [0.05, 0.1) is 11.3 Å². The molecule has 36 heavy (non-hydrogen) atoms. The fraction of sp³-hybridized carbons (Fsp3) is 0.138. The summed E-state index contributed by atoms with van der Waals surface area (Å²) >= 11 is 0. The number of aromatic carboxylic acids is 1. The number of carboxylic acids is 1. The molecule has 7 heteroatoms. The molecule has 0 aliphatic rings. The van der Waals surface area contributed by atoms with Crippen LogP contribution in [0, 0.1) is 12.7 Å². The Labute approximate surface area is 207 Å². The van der Waals surface area contributed by atoms with Crippen LogP contribution < -0.4 is 5.56 Å². The minimum absolute atomic E-state index is 0.157. The van der Waals surface area contributed by atoms with Gasteiger partial charge >= 0.3 is 5.97 Å². The van der Waals surface area contributed by atoms with Crippen molar-refractivity contribution in [1.82, 2.24) is 4.57 Å². The third-order valence-electron chi connectivity index (χ3n) is 6.35. The molecule has 4 aromatic rings. The van der Waals surface area contributed by atoms with Gasteiger partial charge in [0.1, 0.15) is 5.82 Å². The van der Waals surface area contributed by atoms with Crippen molar-refractivity contribution in [3.05, 3.63) is 129 Å². The fourth-order valence-corrected chi connectivity index (χ4v) is 4.34. The number of pyridine rings is 1. The molecule has 2 N–H and O–H groups in total. The molecule has 0 saturated carbocycles. The van der Waals surface area contributed by atoms with Gasteiger partial charge in [-0.1, -0.05) is 59.8 Å². The SMILES string of the molecule is Cc1ccccc1C(C/C(=N/O)c1ccc(=O)n(C)c1)c1ccc(-c2ccc(C(=O)O)c(F)c2)cc1. The van der Waals surface area contributed by atoms with E-state index in [1.54, 1.807) is 25.4 Å². The van der Waals surface area contributed by atoms with Crippen molar-refractivity contribution < 1.29 is 19.5 Å². The molecule has 1 aromatic heterocycles. The Hall–Kier alpha value is -4.52. The standard InChI is InChI=1S/C29H25FN2O4/c1-18-5-3-4-6-23(18)25(16-27(31-36)22-12-14-28(33)32(2)17-22)20-9-7-19(8-10-20)21-11-13-24(29(34)35)26(30)15-21/h3-15,17,25,36H,16H2,1-2H3,(H,34,35)/b31-27-. The molecule has 0 spiro atoms. The highest BCUT2D eigenvalue weighted by Crippen LogP contribution is 2.33. The molecule has 0 aliphatic heterocycles. The summed E-state index contributed by atoms with van der Waals surface area (Å²) in [5, 5.41) is 22.5. The highest BCUT2D eigenvalue weighted by Gasteiger charge is 2.21. The zero-order chi connectivity index (χ0) is 25.8. The van der Waals surface area contributed by atoms with Crippen molar-refractivity contribution in [3.8, 4) is 11.1 Å². The van der Waals surface area contributed by atoms with E-state index in [0.717, 1.165) is 22.3 Å². The second kappa shape index (κ2) is 10.4. The number of carboxylic acid groups (broad SMARTS) is 1. The van der Waals surface area contributed by atoms with Gasteiger partial charge < -0.3 is 14.9 Å². The second-order valence-corrected chi connectivity index (χ2v) is 8.65. The molecule has 0 fully saturated rings. The Bertz CT molecular complexity index is 1510. The maximum absolute atomic E-state index is 14.2. The first-order valence-electron chi connectivity index (χ1n) is 11.3. The smallest absolute Gasteiger partial charge is 0.338 e. The van der Waals surface area contributed by atoms with E-state index in [1.807, 2.05) is 55.5 Å². The van der Waals surface area contributed by atoms with Gasteiger partial charge in [-0.2, -0.15) is 0 Å². The fourth-order valence-electron chi connectivity index (χ4n) is 4.34. The number of oxime groups is 1. The maximum atomic E-state index is 14.2. The van der Waals surface area contributed by atoms with Crippen LogP contribution >= 0.6 is 0 Å². The molecule has 4 rings (SSSR count). The lowest BCUT2D eigenvalue weighted by Crippen LogP contribution is -2.18. The van der Waals surface area contributed by atoms with E-state index in [-0.39, 0.29) is 17.0 Å². The van der Waals surface area contributed by atoms with Crippen molar-refractivity contribution in [1.29, 1.82) is 0 Å². The van der Waals surface area contributed by atoms with Gasteiger partial charge in [0.2, 0.25) is 5.56 Å². The molecule has 0 radical (unpaired) electrons. The van der Waals surface area contributed by atoms with E-state index < -0.39 is 11.8 Å². The predicted octanol–water partition coefficient (Wildman–Crippen LogP) is 5.60. The average molecular weight is 485 g/mol. The van der Waals surface area contributed by atoms with Crippen molar-refractivity contribution >= 4 is 11.7 Å². The van der Waals surface area contributed by atoms with Crippen LogP contribution in [0.5, 0.6) is 0 Å². The van der Waals surface area contributed by atoms with Crippen LogP contribution in [-0.4, -0.2) is 26.6 Å². The largest absolute Gasteiger partial charge is 0.478 e. The van der Waals surface area contributed by atoms with Gasteiger partial charge in [-0.15, -0.1) is 0 Å². The summed E-state index contributed by atoms with van der Waals surface area (Å²) in [6, 6.07) is 22.7. The molecule has 1 unspecified atom stereocenters. The van der Waals surface area contributed by atoms with E-state index in [0.29, 0.717) is 23.3 Å². The third-order valence-corrected chi connectivity index (χ3v) is 6.35. The molecule has 0 bridgehead atoms. The minimum Gasteiger partial charge on any atom is -0.478 e. The number of carbonyl (C=O) groups is 1. The highest BCUT2D eigenvalue weighted by atomic mass is 19.1. The van der Waals surface area contributed by atoms with Crippen LogP contribution in [0.2, 0.25) is 0 Å². The summed E-state index contributed by atoms with van der Waals surface area (Å²) in [4.78, 5) is 22.9. The normalized spacial score (nSPS) is 12.4. The Morgan fingerprint density at radius 3 is 2.31 bits per heavy atom. The van der Waals surface area contributed by atoms with Crippen molar-refractivity contribution in [2.45, 2.75) is 19.3 Å². The molecule has 0 amide bonds. The molecule has 0 aliphatic carbocycles. The summed E-state index contributed by atoms with van der Waals surface area (Å²) in [5.41, 5.74) is 4.97. The lowest BCUT2D eigenvalue weighted by molar-refractivity contribution is 0.0692. The molecule has 182 valence electrons. The van der Waals surface area contributed by atoms with Crippen molar-refractivity contribution in [3.63, 3.8) is 0 Å². The summed E-state index contributed by atoms with van der Waals surface area (Å²) in [7, 11) is 1.64. The molecule has 6 nitrogen and oxygen atoms in total. The van der Waals surface area contributed by atoms with E-state index in [1.165, 1.54) is 22.8 Å². The second-order valence-electron chi connectivity index (χ2n) is 8.65. The maximum Gasteiger partial charge on any atom is 0.338 e. The number of aromatic nitrogens is 1. The Morgan fingerprint density at radius 2 is 1.69 bits per heavy atom. The monoisotopic (exact) mass is 484 g/mol. The summed E-state index contributed by atoms with van der Waals surface area (Å²) < 4.78 is 15.7. The number of benzene rings is 3. The van der Waals surface area contributed by atoms with Crippen LogP contribution in [0.15, 0.2) is 95.0 Å². The van der Waals surface area contributed by atoms with Crippen molar-refractivity contribution in [2.75, 3.05) is 0 Å². The molecular weight excluding hydrogens is 459 g/mol. The van der Waals surface area contributed by atoms with Gasteiger partial charge in [0, 0.05) is 37.2 Å². The first-order valence-corrected chi connectivity index (χ1v) is 11.3. The minimum atomic E-state index is -1.31. The Balaban J connectivity index is 1.72. The number of rotatable bonds is 7. The van der Waals surface area contributed by atoms with E-state index in [9.17, 15) is 19.2 Å². The third kappa shape index (κ3) is 5.10. The number of hydrogen-bond acceptors (Lipinski definition) is 4. The van der Waals surface area contributed by atoms with E-state index in [2.05, 4.69) is 5.16 Å². The number of aryl methyl sites for hydroxylation is 2. The number of nitrogens with zero attached hydrogens (tertiary/aromatic N) is 2. The zero-order valence-electron chi connectivity index (χ0n) is 19.9. The molecular formula is C29H25FN2O4. The number of halogens is 1. The van der Waals surface area contributed by atoms with Gasteiger partial charge in [-0.25, -0.2) is 9.18 Å². The van der Waals surface area contributed by atoms with Crippen LogP contribution in [0.1, 0.15) is 45.0 Å². The van der Waals surface area contributed by atoms with E-state index >= 15 is 0 Å². The molecule has 3 aromatic carbocycles. The van der Waals surface area contributed by atoms with Crippen LogP contribution in [-0.2, 0) is 7.05 Å². The van der Waals surface area contributed by atoms with Gasteiger partial charge in [-0.05, 0) is 52.9 Å². The van der Waals surface area contributed by atoms with Gasteiger partial charge in [0.15, 0.2) is 0 Å². The average Bonchev–Trinajstić information content (AvgIpc) is 2.87. The summed E-state index contributed by atoms with van der Waals surface area (Å²) in [6.45, 7) is 2.02. The number of hydrogen-bond donors (Lipinski definition) is 2. The lowest BCUT2D eigenvalue weighted by Gasteiger charge is -2.21. The summed E-state index contributed by atoms with van der Waals surface area (Å²) in [5.74, 6) is -2.26. The van der Waals surface area contributed by atoms with Crippen LogP contribution in [0.3, 0.4) is 0 Å². The first-order chi connectivity index (χ1) is 17.3. The topological polar surface area (TPSA) is 91.9 Å². The molecule has 0 saturated heterocycles.